The van der Waals surface area contributed by atoms with Gasteiger partial charge in [0.2, 0.25) is 0 Å². The van der Waals surface area contributed by atoms with E-state index in [1.165, 1.54) is 5.69 Å². The van der Waals surface area contributed by atoms with Crippen molar-refractivity contribution in [2.45, 2.75) is 26.2 Å². The second kappa shape index (κ2) is 5.35. The Morgan fingerprint density at radius 3 is 2.62 bits per heavy atom. The lowest BCUT2D eigenvalue weighted by molar-refractivity contribution is 0.0897. The quantitative estimate of drug-likeness (QED) is 0.861. The fraction of sp³-hybridized carbons (Fsp3) is 0.786. The summed E-state index contributed by atoms with van der Waals surface area (Å²) in [6.07, 6.45) is 2.60. The standard InChI is InChI=1S/C14H22BrN3O2S/c1-3-11-13(15)12(18(2)17-11)6-14(8-16-9-14)10-4-5-21(19,20)7-10/h10,16H,3-9H2,1-2H3. The average molecular weight is 376 g/mol. The van der Waals surface area contributed by atoms with Crippen LogP contribution >= 0.6 is 15.9 Å². The topological polar surface area (TPSA) is 64.0 Å². The van der Waals surface area contributed by atoms with Gasteiger partial charge in [0.05, 0.1) is 27.4 Å². The van der Waals surface area contributed by atoms with E-state index in [9.17, 15) is 8.42 Å². The van der Waals surface area contributed by atoms with Crippen LogP contribution in [0.5, 0.6) is 0 Å². The lowest BCUT2D eigenvalue weighted by Gasteiger charge is -2.47. The molecule has 3 rings (SSSR count). The Morgan fingerprint density at radius 1 is 1.48 bits per heavy atom. The van der Waals surface area contributed by atoms with Crippen molar-refractivity contribution in [3.8, 4) is 0 Å². The van der Waals surface area contributed by atoms with Gasteiger partial charge in [-0.3, -0.25) is 4.68 Å². The number of sulfone groups is 1. The maximum atomic E-state index is 11.8. The van der Waals surface area contributed by atoms with Crippen molar-refractivity contribution in [3.63, 3.8) is 0 Å². The molecule has 0 amide bonds. The van der Waals surface area contributed by atoms with Crippen molar-refractivity contribution >= 4 is 25.8 Å². The number of hydrogen-bond acceptors (Lipinski definition) is 4. The first-order chi connectivity index (χ1) is 9.87. The third kappa shape index (κ3) is 2.68. The Bertz CT molecular complexity index is 649. The summed E-state index contributed by atoms with van der Waals surface area (Å²) in [5, 5.41) is 7.90. The zero-order chi connectivity index (χ0) is 15.3. The summed E-state index contributed by atoms with van der Waals surface area (Å²) in [5.74, 6) is 0.979. The molecule has 0 spiro atoms. The number of halogens is 1. The van der Waals surface area contributed by atoms with E-state index >= 15 is 0 Å². The molecule has 0 aromatic carbocycles. The Hall–Kier alpha value is -0.400. The van der Waals surface area contributed by atoms with E-state index in [2.05, 4.69) is 33.3 Å². The highest BCUT2D eigenvalue weighted by Crippen LogP contribution is 2.43. The molecule has 0 radical (unpaired) electrons. The van der Waals surface area contributed by atoms with Gasteiger partial charge in [-0.15, -0.1) is 0 Å². The van der Waals surface area contributed by atoms with Gasteiger partial charge in [0.25, 0.3) is 0 Å². The first kappa shape index (κ1) is 15.5. The number of aryl methyl sites for hydroxylation is 2. The van der Waals surface area contributed by atoms with Crippen LogP contribution in [0.4, 0.5) is 0 Å². The number of nitrogens with one attached hydrogen (secondary N) is 1. The minimum atomic E-state index is -2.83. The molecule has 1 aromatic heterocycles. The van der Waals surface area contributed by atoms with E-state index in [0.29, 0.717) is 11.5 Å². The highest BCUT2D eigenvalue weighted by atomic mass is 79.9. The van der Waals surface area contributed by atoms with Crippen LogP contribution < -0.4 is 5.32 Å². The van der Waals surface area contributed by atoms with Gasteiger partial charge in [0, 0.05) is 25.6 Å². The first-order valence-corrected chi connectivity index (χ1v) is 10.1. The second-order valence-electron chi connectivity index (χ2n) is 6.43. The summed E-state index contributed by atoms with van der Waals surface area (Å²) in [4.78, 5) is 0. The monoisotopic (exact) mass is 375 g/mol. The number of nitrogens with zero attached hydrogens (tertiary/aromatic N) is 2. The molecule has 0 bridgehead atoms. The largest absolute Gasteiger partial charge is 0.315 e. The van der Waals surface area contributed by atoms with Crippen molar-refractivity contribution in [3.05, 3.63) is 15.9 Å². The summed E-state index contributed by atoms with van der Waals surface area (Å²) >= 11 is 3.68. The van der Waals surface area contributed by atoms with E-state index in [4.69, 9.17) is 0 Å². The highest BCUT2D eigenvalue weighted by Gasteiger charge is 2.49. The SMILES string of the molecule is CCc1nn(C)c(CC2(C3CCS(=O)(=O)C3)CNC2)c1Br. The summed E-state index contributed by atoms with van der Waals surface area (Å²) < 4.78 is 26.7. The summed E-state index contributed by atoms with van der Waals surface area (Å²) in [5.41, 5.74) is 2.34. The van der Waals surface area contributed by atoms with Crippen LogP contribution in [0.25, 0.3) is 0 Å². The van der Waals surface area contributed by atoms with E-state index in [1.54, 1.807) is 0 Å². The Labute approximate surface area is 134 Å². The molecular formula is C14H22BrN3O2S. The average Bonchev–Trinajstić information content (AvgIpc) is 2.86. The molecule has 0 aliphatic carbocycles. The van der Waals surface area contributed by atoms with E-state index in [0.717, 1.165) is 42.5 Å². The number of rotatable bonds is 4. The van der Waals surface area contributed by atoms with Crippen molar-refractivity contribution in [1.29, 1.82) is 0 Å². The maximum absolute atomic E-state index is 11.8. The smallest absolute Gasteiger partial charge is 0.150 e. The molecule has 1 unspecified atom stereocenters. The molecule has 0 saturated carbocycles. The first-order valence-electron chi connectivity index (χ1n) is 7.48. The third-order valence-corrected chi connectivity index (χ3v) is 7.76. The van der Waals surface area contributed by atoms with Crippen LogP contribution in [-0.2, 0) is 29.7 Å². The molecule has 1 atom stereocenters. The Morgan fingerprint density at radius 2 is 2.19 bits per heavy atom. The minimum absolute atomic E-state index is 0.0743. The predicted octanol–water partition coefficient (Wildman–Crippen LogP) is 1.31. The molecule has 21 heavy (non-hydrogen) atoms. The Balaban J connectivity index is 1.87. The zero-order valence-electron chi connectivity index (χ0n) is 12.5. The molecule has 5 nitrogen and oxygen atoms in total. The van der Waals surface area contributed by atoms with E-state index in [1.807, 2.05) is 11.7 Å². The van der Waals surface area contributed by atoms with Crippen molar-refractivity contribution < 1.29 is 8.42 Å². The normalized spacial score (nSPS) is 26.7. The van der Waals surface area contributed by atoms with Gasteiger partial charge in [-0.2, -0.15) is 5.10 Å². The fourth-order valence-corrected chi connectivity index (χ4v) is 6.33. The van der Waals surface area contributed by atoms with E-state index < -0.39 is 9.84 Å². The van der Waals surface area contributed by atoms with Crippen molar-refractivity contribution in [2.24, 2.45) is 18.4 Å². The van der Waals surface area contributed by atoms with Gasteiger partial charge in [0.15, 0.2) is 9.84 Å². The van der Waals surface area contributed by atoms with E-state index in [-0.39, 0.29) is 11.3 Å². The van der Waals surface area contributed by atoms with Crippen LogP contribution in [0.3, 0.4) is 0 Å². The molecule has 2 saturated heterocycles. The molecule has 1 N–H and O–H groups in total. The maximum Gasteiger partial charge on any atom is 0.150 e. The van der Waals surface area contributed by atoms with Gasteiger partial charge in [-0.25, -0.2) is 8.42 Å². The van der Waals surface area contributed by atoms with Gasteiger partial charge in [-0.1, -0.05) is 6.92 Å². The lowest BCUT2D eigenvalue weighted by Crippen LogP contribution is -2.59. The van der Waals surface area contributed by atoms with Gasteiger partial charge >= 0.3 is 0 Å². The molecule has 7 heteroatoms. The summed E-state index contributed by atoms with van der Waals surface area (Å²) in [7, 11) is -0.852. The molecular weight excluding hydrogens is 354 g/mol. The van der Waals surface area contributed by atoms with Crippen molar-refractivity contribution in [2.75, 3.05) is 24.6 Å². The van der Waals surface area contributed by atoms with Gasteiger partial charge in [-0.05, 0) is 41.1 Å². The highest BCUT2D eigenvalue weighted by molar-refractivity contribution is 9.10. The van der Waals surface area contributed by atoms with Crippen LogP contribution in [-0.4, -0.2) is 42.8 Å². The molecule has 2 aliphatic heterocycles. The van der Waals surface area contributed by atoms with Crippen LogP contribution in [0, 0.1) is 11.3 Å². The second-order valence-corrected chi connectivity index (χ2v) is 9.45. The van der Waals surface area contributed by atoms with Crippen LogP contribution in [0.15, 0.2) is 4.47 Å². The lowest BCUT2D eigenvalue weighted by atomic mass is 9.67. The predicted molar refractivity (Wildman–Crippen MR) is 86.1 cm³/mol. The van der Waals surface area contributed by atoms with Crippen LogP contribution in [0.1, 0.15) is 24.7 Å². The zero-order valence-corrected chi connectivity index (χ0v) is 14.9. The number of aromatic nitrogens is 2. The van der Waals surface area contributed by atoms with Crippen molar-refractivity contribution in [1.82, 2.24) is 15.1 Å². The molecule has 118 valence electrons. The molecule has 2 fully saturated rings. The third-order valence-electron chi connectivity index (χ3n) is 5.08. The number of hydrogen-bond donors (Lipinski definition) is 1. The minimum Gasteiger partial charge on any atom is -0.315 e. The molecule has 1 aromatic rings. The van der Waals surface area contributed by atoms with Gasteiger partial charge < -0.3 is 5.32 Å². The molecule has 3 heterocycles. The fourth-order valence-electron chi connectivity index (χ4n) is 3.63. The molecule has 2 aliphatic rings. The van der Waals surface area contributed by atoms with Crippen LogP contribution in [0.2, 0.25) is 0 Å². The Kier molecular flexibility index (Phi) is 3.95. The van der Waals surface area contributed by atoms with Gasteiger partial charge in [0.1, 0.15) is 0 Å². The summed E-state index contributed by atoms with van der Waals surface area (Å²) in [6, 6.07) is 0. The summed E-state index contributed by atoms with van der Waals surface area (Å²) in [6.45, 7) is 3.92.